The van der Waals surface area contributed by atoms with Crippen LogP contribution < -0.4 is 5.32 Å². The lowest BCUT2D eigenvalue weighted by Crippen LogP contribution is -2.39. The third-order valence-electron chi connectivity index (χ3n) is 9.25. The van der Waals surface area contributed by atoms with Gasteiger partial charge in [0.1, 0.15) is 0 Å². The smallest absolute Gasteiger partial charge is 0.303 e. The van der Waals surface area contributed by atoms with Gasteiger partial charge in [0.2, 0.25) is 0 Å². The first kappa shape index (κ1) is 36.7. The molecule has 0 saturated carbocycles. The Labute approximate surface area is 306 Å². The van der Waals surface area contributed by atoms with E-state index in [2.05, 4.69) is 70.9 Å². The molecule has 0 aliphatic carbocycles. The van der Waals surface area contributed by atoms with Gasteiger partial charge in [-0.2, -0.15) is 0 Å². The Morgan fingerprint density at radius 2 is 1.37 bits per heavy atom. The number of benzene rings is 5. The van der Waals surface area contributed by atoms with Gasteiger partial charge in [0.05, 0.1) is 18.8 Å². The number of aliphatic hydroxyl groups is 1. The summed E-state index contributed by atoms with van der Waals surface area (Å²) in [6.45, 7) is 5.40. The Hall–Kier alpha value is -5.12. The van der Waals surface area contributed by atoms with Crippen LogP contribution in [0.4, 0.5) is 0 Å². The van der Waals surface area contributed by atoms with E-state index in [9.17, 15) is 14.7 Å². The minimum absolute atomic E-state index is 0.0106. The summed E-state index contributed by atoms with van der Waals surface area (Å²) in [5, 5.41) is 12.5. The minimum Gasteiger partial charge on any atom is -0.453 e. The lowest BCUT2D eigenvalue weighted by Gasteiger charge is -2.38. The van der Waals surface area contributed by atoms with Gasteiger partial charge >= 0.3 is 5.97 Å². The van der Waals surface area contributed by atoms with Gasteiger partial charge in [0, 0.05) is 45.1 Å². The molecule has 0 bridgehead atoms. The number of esters is 1. The van der Waals surface area contributed by atoms with E-state index in [0.29, 0.717) is 13.0 Å². The third-order valence-corrected chi connectivity index (χ3v) is 9.25. The summed E-state index contributed by atoms with van der Waals surface area (Å²) in [5.74, 6) is -0.851. The van der Waals surface area contributed by atoms with Crippen LogP contribution >= 0.6 is 0 Å². The van der Waals surface area contributed by atoms with Gasteiger partial charge in [-0.1, -0.05) is 133 Å². The number of rotatable bonds is 14. The average molecular weight is 699 g/mol. The number of amides is 1. The Morgan fingerprint density at radius 3 is 1.98 bits per heavy atom. The van der Waals surface area contributed by atoms with E-state index in [1.807, 2.05) is 72.8 Å². The summed E-state index contributed by atoms with van der Waals surface area (Å²) in [5.41, 5.74) is 8.20. The van der Waals surface area contributed by atoms with E-state index < -0.39 is 18.4 Å². The summed E-state index contributed by atoms with van der Waals surface area (Å²) in [4.78, 5) is 26.3. The van der Waals surface area contributed by atoms with Gasteiger partial charge in [-0.3, -0.25) is 14.5 Å². The number of ether oxygens (including phenoxy) is 3. The normalized spacial score (nSPS) is 17.7. The van der Waals surface area contributed by atoms with Crippen molar-refractivity contribution in [2.75, 3.05) is 6.54 Å². The number of aliphatic hydroxyl groups excluding tert-OH is 1. The monoisotopic (exact) mass is 698 g/mol. The maximum absolute atomic E-state index is 12.5. The second kappa shape index (κ2) is 17.9. The highest BCUT2D eigenvalue weighted by Gasteiger charge is 2.33. The van der Waals surface area contributed by atoms with Gasteiger partial charge in [-0.25, -0.2) is 0 Å². The predicted molar refractivity (Wildman–Crippen MR) is 200 cm³/mol. The zero-order valence-electron chi connectivity index (χ0n) is 29.7. The molecule has 4 unspecified atom stereocenters. The minimum atomic E-state index is -0.872. The molecule has 5 aromatic carbocycles. The number of hydrogen-bond donors (Lipinski definition) is 2. The summed E-state index contributed by atoms with van der Waals surface area (Å²) >= 11 is 0. The molecule has 8 nitrogen and oxygen atoms in total. The molecule has 2 N–H and O–H groups in total. The molecular weight excluding hydrogens is 652 g/mol. The molecule has 52 heavy (non-hydrogen) atoms. The second-order valence-corrected chi connectivity index (χ2v) is 13.2. The third kappa shape index (κ3) is 10.0. The van der Waals surface area contributed by atoms with Crippen molar-refractivity contribution in [1.82, 2.24) is 10.2 Å². The molecule has 8 heteroatoms. The predicted octanol–water partition coefficient (Wildman–Crippen LogP) is 7.66. The molecule has 6 rings (SSSR count). The summed E-state index contributed by atoms with van der Waals surface area (Å²) in [6.07, 6.45) is -1.11. The first-order valence-corrected chi connectivity index (χ1v) is 17.8. The van der Waals surface area contributed by atoms with E-state index in [4.69, 9.17) is 14.2 Å². The van der Waals surface area contributed by atoms with Crippen molar-refractivity contribution < 1.29 is 28.9 Å². The first-order valence-electron chi connectivity index (χ1n) is 17.8. The highest BCUT2D eigenvalue weighted by Crippen LogP contribution is 2.39. The van der Waals surface area contributed by atoms with E-state index >= 15 is 0 Å². The average Bonchev–Trinajstić information content (AvgIpc) is 3.17. The SMILES string of the molecule is CC(=O)OC(C)C(=O)NCc1ccccc1-c1ccc(C2OC(CN(Cc3ccccc3)Cc3ccccc3)CC(c3ccc(CO)cc3)O2)cc1. The fraction of sp³-hybridized carbons (Fsp3) is 0.273. The molecule has 4 atom stereocenters. The maximum atomic E-state index is 12.5. The van der Waals surface area contributed by atoms with Crippen LogP contribution in [-0.4, -0.2) is 40.6 Å². The molecule has 1 fully saturated rings. The van der Waals surface area contributed by atoms with E-state index in [1.165, 1.54) is 18.1 Å². The Kier molecular flexibility index (Phi) is 12.6. The van der Waals surface area contributed by atoms with Crippen molar-refractivity contribution in [1.29, 1.82) is 0 Å². The van der Waals surface area contributed by atoms with Crippen LogP contribution in [0.15, 0.2) is 133 Å². The molecule has 1 amide bonds. The van der Waals surface area contributed by atoms with E-state index in [0.717, 1.165) is 46.5 Å². The second-order valence-electron chi connectivity index (χ2n) is 13.2. The number of carbonyl (C=O) groups is 2. The molecule has 1 saturated heterocycles. The highest BCUT2D eigenvalue weighted by atomic mass is 16.7. The maximum Gasteiger partial charge on any atom is 0.303 e. The molecule has 0 aromatic heterocycles. The standard InChI is InChI=1S/C44H46N2O6/c1-31(50-32(2)48)43(49)45-26-39-15-9-10-16-41(39)36-21-23-38(24-22-36)44-51-40(25-42(52-44)37-19-17-35(30-47)18-20-37)29-46(27-33-11-5-3-6-12-33)28-34-13-7-4-8-14-34/h3-24,31,40,42,44,47H,25-30H2,1-2H3,(H,45,49). The van der Waals surface area contributed by atoms with Crippen molar-refractivity contribution in [3.63, 3.8) is 0 Å². The zero-order valence-corrected chi connectivity index (χ0v) is 29.7. The van der Waals surface area contributed by atoms with Gasteiger partial charge in [-0.15, -0.1) is 0 Å². The number of hydrogen-bond acceptors (Lipinski definition) is 7. The lowest BCUT2D eigenvalue weighted by molar-refractivity contribution is -0.253. The van der Waals surface area contributed by atoms with Gasteiger partial charge in [0.15, 0.2) is 12.4 Å². The van der Waals surface area contributed by atoms with Crippen LogP contribution in [0.25, 0.3) is 11.1 Å². The molecule has 5 aromatic rings. The van der Waals surface area contributed by atoms with Crippen molar-refractivity contribution in [2.24, 2.45) is 0 Å². The number of nitrogens with one attached hydrogen (secondary N) is 1. The van der Waals surface area contributed by atoms with Crippen molar-refractivity contribution in [2.45, 2.75) is 71.1 Å². The van der Waals surface area contributed by atoms with E-state index in [-0.39, 0.29) is 31.3 Å². The van der Waals surface area contributed by atoms with Gasteiger partial charge < -0.3 is 24.6 Å². The van der Waals surface area contributed by atoms with Crippen LogP contribution in [-0.2, 0) is 50.0 Å². The summed E-state index contributed by atoms with van der Waals surface area (Å²) in [6, 6.07) is 45.1. The quantitative estimate of drug-likeness (QED) is 0.115. The largest absolute Gasteiger partial charge is 0.453 e. The lowest BCUT2D eigenvalue weighted by atomic mass is 9.97. The Morgan fingerprint density at radius 1 is 0.769 bits per heavy atom. The van der Waals surface area contributed by atoms with Crippen LogP contribution in [0.3, 0.4) is 0 Å². The molecule has 0 radical (unpaired) electrons. The van der Waals surface area contributed by atoms with Crippen LogP contribution in [0.1, 0.15) is 66.0 Å². The molecule has 1 heterocycles. The van der Waals surface area contributed by atoms with Crippen LogP contribution in [0.2, 0.25) is 0 Å². The number of nitrogens with zero attached hydrogens (tertiary/aromatic N) is 1. The first-order chi connectivity index (χ1) is 25.3. The van der Waals surface area contributed by atoms with E-state index in [1.54, 1.807) is 6.92 Å². The topological polar surface area (TPSA) is 97.3 Å². The summed E-state index contributed by atoms with van der Waals surface area (Å²) < 4.78 is 18.5. The fourth-order valence-corrected chi connectivity index (χ4v) is 6.59. The van der Waals surface area contributed by atoms with Crippen molar-refractivity contribution in [3.05, 3.63) is 167 Å². The fourth-order valence-electron chi connectivity index (χ4n) is 6.59. The highest BCUT2D eigenvalue weighted by molar-refractivity contribution is 5.83. The zero-order chi connectivity index (χ0) is 36.3. The Bertz CT molecular complexity index is 1840. The summed E-state index contributed by atoms with van der Waals surface area (Å²) in [7, 11) is 0. The number of carbonyl (C=O) groups excluding carboxylic acids is 2. The van der Waals surface area contributed by atoms with Crippen LogP contribution in [0.5, 0.6) is 0 Å². The van der Waals surface area contributed by atoms with Crippen molar-refractivity contribution in [3.8, 4) is 11.1 Å². The molecule has 1 aliphatic heterocycles. The molecule has 0 spiro atoms. The van der Waals surface area contributed by atoms with Gasteiger partial charge in [0.25, 0.3) is 5.91 Å². The molecular formula is C44H46N2O6. The molecule has 1 aliphatic rings. The van der Waals surface area contributed by atoms with Gasteiger partial charge in [-0.05, 0) is 45.9 Å². The molecule has 268 valence electrons. The van der Waals surface area contributed by atoms with Crippen LogP contribution in [0, 0.1) is 0 Å². The van der Waals surface area contributed by atoms with Crippen molar-refractivity contribution >= 4 is 11.9 Å². The Balaban J connectivity index is 1.22.